The Kier molecular flexibility index (Phi) is 7.28. The van der Waals surface area contributed by atoms with Crippen molar-refractivity contribution in [1.29, 1.82) is 0 Å². The van der Waals surface area contributed by atoms with Gasteiger partial charge in [-0.3, -0.25) is 0 Å². The highest BCUT2D eigenvalue weighted by Gasteiger charge is 2.62. The van der Waals surface area contributed by atoms with E-state index in [0.717, 1.165) is 28.2 Å². The summed E-state index contributed by atoms with van der Waals surface area (Å²) in [6, 6.07) is 21.9. The van der Waals surface area contributed by atoms with Crippen LogP contribution in [-0.4, -0.2) is 10.5 Å². The van der Waals surface area contributed by atoms with Crippen LogP contribution in [0.2, 0.25) is 5.02 Å². The number of halogens is 3. The van der Waals surface area contributed by atoms with Gasteiger partial charge >= 0.3 is 0 Å². The van der Waals surface area contributed by atoms with Crippen molar-refractivity contribution in [2.75, 3.05) is 10.6 Å². The van der Waals surface area contributed by atoms with Crippen LogP contribution in [0.15, 0.2) is 85.6 Å². The number of rotatable bonds is 9. The summed E-state index contributed by atoms with van der Waals surface area (Å²) < 4.78 is 13.9. The van der Waals surface area contributed by atoms with E-state index in [0.29, 0.717) is 17.1 Å². The number of aryl methyl sites for hydroxylation is 1. The topological polar surface area (TPSA) is 24.1 Å². The van der Waals surface area contributed by atoms with E-state index in [-0.39, 0.29) is 16.7 Å². The zero-order valence-electron chi connectivity index (χ0n) is 21.3. The summed E-state index contributed by atoms with van der Waals surface area (Å²) in [5, 5.41) is 7.34. The van der Waals surface area contributed by atoms with Crippen molar-refractivity contribution in [3.8, 4) is 0 Å². The van der Waals surface area contributed by atoms with Crippen LogP contribution in [0.25, 0.3) is 5.70 Å². The second-order valence-electron chi connectivity index (χ2n) is 10.6. The normalized spacial score (nSPS) is 21.1. The molecule has 3 aromatic rings. The number of hydrogen-bond acceptors (Lipinski definition) is 2. The molecule has 1 fully saturated rings. The molecule has 0 aliphatic heterocycles. The van der Waals surface area contributed by atoms with E-state index in [1.54, 1.807) is 13.8 Å². The molecule has 188 valence electrons. The first-order valence-corrected chi connectivity index (χ1v) is 12.9. The number of hydrogen-bond donors (Lipinski definition) is 2. The third kappa shape index (κ3) is 5.96. The van der Waals surface area contributed by atoms with E-state index in [1.165, 1.54) is 11.1 Å². The van der Waals surface area contributed by atoms with Crippen LogP contribution in [0.3, 0.4) is 0 Å². The Labute approximate surface area is 224 Å². The van der Waals surface area contributed by atoms with Crippen molar-refractivity contribution in [3.05, 3.63) is 113 Å². The quantitative estimate of drug-likeness (QED) is 0.273. The maximum atomic E-state index is 13.9. The third-order valence-corrected chi connectivity index (χ3v) is 7.49. The molecule has 0 saturated heterocycles. The molecule has 2 N–H and O–H groups in total. The molecule has 0 aromatic heterocycles. The van der Waals surface area contributed by atoms with Crippen LogP contribution in [0.1, 0.15) is 48.9 Å². The van der Waals surface area contributed by atoms with Crippen LogP contribution >= 0.6 is 23.2 Å². The smallest absolute Gasteiger partial charge is 0.109 e. The van der Waals surface area contributed by atoms with Crippen LogP contribution in [0, 0.1) is 12.8 Å². The standard InChI is InChI=1S/C31H33Cl2FN2/c1-19-8-7-9-23(16-19)29-28(31(29,6)33)21(3)36-25-14-15-27(32)26(17-25)20(2)35-24-12-10-22(11-13-24)18-30(4,5)34/h7-17,28-29,35-36H,2-3,18H2,1,4-6H3. The third-order valence-electron chi connectivity index (χ3n) is 6.69. The Balaban J connectivity index is 1.45. The van der Waals surface area contributed by atoms with Gasteiger partial charge in [0.05, 0.1) is 9.90 Å². The molecule has 0 radical (unpaired) electrons. The molecule has 36 heavy (non-hydrogen) atoms. The number of anilines is 2. The van der Waals surface area contributed by atoms with Crippen molar-refractivity contribution in [3.63, 3.8) is 0 Å². The SMILES string of the molecule is C=C(Nc1ccc(CC(C)(C)F)cc1)c1cc(NC(=C)C2C(c3cccc(C)c3)C2(C)Cl)ccc1Cl. The van der Waals surface area contributed by atoms with Gasteiger partial charge in [-0.05, 0) is 69.2 Å². The van der Waals surface area contributed by atoms with Crippen LogP contribution in [0.5, 0.6) is 0 Å². The molecule has 3 aromatic carbocycles. The Bertz CT molecular complexity index is 1290. The summed E-state index contributed by atoms with van der Waals surface area (Å²) >= 11 is 13.4. The predicted molar refractivity (Wildman–Crippen MR) is 154 cm³/mol. The molecule has 0 amide bonds. The largest absolute Gasteiger partial charge is 0.359 e. The Hall–Kier alpha value is -2.75. The van der Waals surface area contributed by atoms with E-state index in [9.17, 15) is 4.39 Å². The maximum Gasteiger partial charge on any atom is 0.109 e. The molecular weight excluding hydrogens is 490 g/mol. The zero-order chi connectivity index (χ0) is 26.3. The molecule has 4 rings (SSSR count). The van der Waals surface area contributed by atoms with Gasteiger partial charge in [-0.2, -0.15) is 0 Å². The molecule has 5 heteroatoms. The lowest BCUT2D eigenvalue weighted by Gasteiger charge is -2.16. The van der Waals surface area contributed by atoms with E-state index < -0.39 is 5.67 Å². The van der Waals surface area contributed by atoms with Gasteiger partial charge in [0.2, 0.25) is 0 Å². The summed E-state index contributed by atoms with van der Waals surface area (Å²) in [6.45, 7) is 15.8. The van der Waals surface area contributed by atoms with Gasteiger partial charge in [0, 0.05) is 46.6 Å². The summed E-state index contributed by atoms with van der Waals surface area (Å²) in [7, 11) is 0. The molecule has 0 bridgehead atoms. The highest BCUT2D eigenvalue weighted by Crippen LogP contribution is 2.64. The van der Waals surface area contributed by atoms with E-state index in [2.05, 4.69) is 61.9 Å². The summed E-state index contributed by atoms with van der Waals surface area (Å²) in [5.41, 5.74) is 6.19. The molecule has 1 saturated carbocycles. The second kappa shape index (κ2) is 9.95. The fourth-order valence-electron chi connectivity index (χ4n) is 4.94. The second-order valence-corrected chi connectivity index (χ2v) is 11.8. The average Bonchev–Trinajstić information content (AvgIpc) is 3.37. The summed E-state index contributed by atoms with van der Waals surface area (Å²) in [4.78, 5) is -0.387. The first-order valence-electron chi connectivity index (χ1n) is 12.1. The first kappa shape index (κ1) is 26.3. The molecule has 3 unspecified atom stereocenters. The van der Waals surface area contributed by atoms with Gasteiger partial charge in [0.15, 0.2) is 0 Å². The lowest BCUT2D eigenvalue weighted by atomic mass is 10.0. The Morgan fingerprint density at radius 3 is 2.31 bits per heavy atom. The number of nitrogens with one attached hydrogen (secondary N) is 2. The van der Waals surface area contributed by atoms with Gasteiger partial charge in [0.1, 0.15) is 5.67 Å². The lowest BCUT2D eigenvalue weighted by Crippen LogP contribution is -2.15. The van der Waals surface area contributed by atoms with Gasteiger partial charge in [-0.1, -0.05) is 66.7 Å². The van der Waals surface area contributed by atoms with Crippen LogP contribution in [-0.2, 0) is 6.42 Å². The molecule has 0 heterocycles. The molecule has 0 spiro atoms. The summed E-state index contributed by atoms with van der Waals surface area (Å²) in [6.07, 6.45) is 0.366. The van der Waals surface area contributed by atoms with Gasteiger partial charge < -0.3 is 10.6 Å². The predicted octanol–water partition coefficient (Wildman–Crippen LogP) is 9.36. The van der Waals surface area contributed by atoms with Crippen molar-refractivity contribution >= 4 is 40.3 Å². The molecule has 1 aliphatic rings. The monoisotopic (exact) mass is 522 g/mol. The minimum atomic E-state index is -1.25. The highest BCUT2D eigenvalue weighted by atomic mass is 35.5. The highest BCUT2D eigenvalue weighted by molar-refractivity contribution is 6.32. The minimum Gasteiger partial charge on any atom is -0.359 e. The van der Waals surface area contributed by atoms with E-state index in [4.69, 9.17) is 23.2 Å². The molecule has 2 nitrogen and oxygen atoms in total. The molecule has 1 aliphatic carbocycles. The molecule has 3 atom stereocenters. The van der Waals surface area contributed by atoms with Gasteiger partial charge in [0.25, 0.3) is 0 Å². The van der Waals surface area contributed by atoms with Gasteiger partial charge in [-0.15, -0.1) is 11.6 Å². The summed E-state index contributed by atoms with van der Waals surface area (Å²) in [5.74, 6) is 0.308. The van der Waals surface area contributed by atoms with Crippen molar-refractivity contribution < 1.29 is 4.39 Å². The van der Waals surface area contributed by atoms with Crippen LogP contribution in [0.4, 0.5) is 15.8 Å². The average molecular weight is 524 g/mol. The fourth-order valence-corrected chi connectivity index (χ4v) is 5.61. The fraction of sp³-hybridized carbons (Fsp3) is 0.290. The number of benzene rings is 3. The van der Waals surface area contributed by atoms with Crippen molar-refractivity contribution in [2.24, 2.45) is 5.92 Å². The number of alkyl halides is 2. The maximum absolute atomic E-state index is 13.9. The number of allylic oxidation sites excluding steroid dienone is 1. The van der Waals surface area contributed by atoms with Gasteiger partial charge in [-0.25, -0.2) is 4.39 Å². The van der Waals surface area contributed by atoms with Crippen molar-refractivity contribution in [2.45, 2.75) is 50.6 Å². The first-order chi connectivity index (χ1) is 16.8. The zero-order valence-corrected chi connectivity index (χ0v) is 22.8. The van der Waals surface area contributed by atoms with E-state index in [1.807, 2.05) is 42.5 Å². The Morgan fingerprint density at radius 1 is 1.00 bits per heavy atom. The lowest BCUT2D eigenvalue weighted by molar-refractivity contribution is 0.217. The molecular formula is C31H33Cl2FN2. The minimum absolute atomic E-state index is 0.106. The van der Waals surface area contributed by atoms with E-state index >= 15 is 0 Å². The van der Waals surface area contributed by atoms with Crippen LogP contribution < -0.4 is 10.6 Å². The Morgan fingerprint density at radius 2 is 1.67 bits per heavy atom. The van der Waals surface area contributed by atoms with Crippen molar-refractivity contribution in [1.82, 2.24) is 0 Å².